The third-order valence-corrected chi connectivity index (χ3v) is 2.45. The highest BCUT2D eigenvalue weighted by Gasteiger charge is 2.08. The highest BCUT2D eigenvalue weighted by molar-refractivity contribution is 6.17. The lowest BCUT2D eigenvalue weighted by molar-refractivity contribution is 0.159. The van der Waals surface area contributed by atoms with Crippen LogP contribution < -0.4 is 5.32 Å². The minimum absolute atomic E-state index is 0.109. The van der Waals surface area contributed by atoms with Gasteiger partial charge in [0.1, 0.15) is 11.6 Å². The van der Waals surface area contributed by atoms with Crippen LogP contribution in [-0.2, 0) is 4.74 Å². The predicted octanol–water partition coefficient (Wildman–Crippen LogP) is 3.92. The molecule has 1 aromatic rings. The normalized spacial score (nSPS) is 10.2. The van der Waals surface area contributed by atoms with Gasteiger partial charge in [-0.15, -0.1) is 11.6 Å². The number of ether oxygens (including phenoxy) is 1. The molecular formula is C12H14ClF2NO2. The van der Waals surface area contributed by atoms with Crippen LogP contribution in [-0.4, -0.2) is 18.6 Å². The Morgan fingerprint density at radius 1 is 1.28 bits per heavy atom. The molecule has 6 heteroatoms. The minimum Gasteiger partial charge on any atom is -0.449 e. The average molecular weight is 278 g/mol. The van der Waals surface area contributed by atoms with E-state index >= 15 is 0 Å². The molecule has 1 N–H and O–H groups in total. The van der Waals surface area contributed by atoms with E-state index in [1.54, 1.807) is 0 Å². The number of hydrogen-bond acceptors (Lipinski definition) is 2. The molecule has 1 aromatic carbocycles. The summed E-state index contributed by atoms with van der Waals surface area (Å²) in [6, 6.07) is 2.88. The number of hydrogen-bond donors (Lipinski definition) is 1. The Morgan fingerprint density at radius 3 is 2.72 bits per heavy atom. The van der Waals surface area contributed by atoms with E-state index in [0.717, 1.165) is 25.0 Å². The summed E-state index contributed by atoms with van der Waals surface area (Å²) < 4.78 is 30.6. The summed E-state index contributed by atoms with van der Waals surface area (Å²) in [7, 11) is 0. The SMILES string of the molecule is O=C(Nc1ccc(F)cc1F)OCCCCCCl. The second-order valence-corrected chi connectivity index (χ2v) is 4.01. The maximum Gasteiger partial charge on any atom is 0.411 e. The van der Waals surface area contributed by atoms with E-state index in [0.29, 0.717) is 18.4 Å². The monoisotopic (exact) mass is 277 g/mol. The standard InChI is InChI=1S/C12H14ClF2NO2/c13-6-2-1-3-7-18-12(17)16-11-5-4-9(14)8-10(11)15/h4-5,8H,1-3,6-7H2,(H,16,17). The van der Waals surface area contributed by atoms with Crippen molar-refractivity contribution < 1.29 is 18.3 Å². The molecule has 0 radical (unpaired) electrons. The van der Waals surface area contributed by atoms with Gasteiger partial charge in [-0.05, 0) is 31.4 Å². The number of benzene rings is 1. The second-order valence-electron chi connectivity index (χ2n) is 3.63. The molecule has 1 amide bonds. The van der Waals surface area contributed by atoms with E-state index in [1.165, 1.54) is 0 Å². The van der Waals surface area contributed by atoms with Gasteiger partial charge in [-0.25, -0.2) is 13.6 Å². The molecule has 1 rings (SSSR count). The topological polar surface area (TPSA) is 38.3 Å². The molecule has 18 heavy (non-hydrogen) atoms. The summed E-state index contributed by atoms with van der Waals surface area (Å²) in [5.41, 5.74) is -0.109. The molecule has 0 fully saturated rings. The maximum atomic E-state index is 13.2. The number of rotatable bonds is 6. The van der Waals surface area contributed by atoms with Gasteiger partial charge in [0.15, 0.2) is 0 Å². The number of carbonyl (C=O) groups excluding carboxylic acids is 1. The molecule has 0 spiro atoms. The van der Waals surface area contributed by atoms with Gasteiger partial charge < -0.3 is 4.74 Å². The number of alkyl halides is 1. The van der Waals surface area contributed by atoms with Crippen LogP contribution in [0.1, 0.15) is 19.3 Å². The molecule has 0 aliphatic carbocycles. The van der Waals surface area contributed by atoms with E-state index in [2.05, 4.69) is 5.32 Å². The fraction of sp³-hybridized carbons (Fsp3) is 0.417. The lowest BCUT2D eigenvalue weighted by Crippen LogP contribution is -2.15. The summed E-state index contributed by atoms with van der Waals surface area (Å²) in [6.07, 6.45) is 1.67. The number of unbranched alkanes of at least 4 members (excludes halogenated alkanes) is 2. The van der Waals surface area contributed by atoms with Crippen molar-refractivity contribution in [3.63, 3.8) is 0 Å². The zero-order chi connectivity index (χ0) is 13.4. The van der Waals surface area contributed by atoms with Crippen molar-refractivity contribution in [3.8, 4) is 0 Å². The molecule has 3 nitrogen and oxygen atoms in total. The van der Waals surface area contributed by atoms with Crippen molar-refractivity contribution >= 4 is 23.4 Å². The van der Waals surface area contributed by atoms with Crippen LogP contribution >= 0.6 is 11.6 Å². The molecule has 0 atom stereocenters. The van der Waals surface area contributed by atoms with Crippen molar-refractivity contribution in [1.29, 1.82) is 0 Å². The molecule has 100 valence electrons. The van der Waals surface area contributed by atoms with Crippen LogP contribution in [0.5, 0.6) is 0 Å². The van der Waals surface area contributed by atoms with E-state index in [9.17, 15) is 13.6 Å². The number of halogens is 3. The zero-order valence-corrected chi connectivity index (χ0v) is 10.5. The first-order valence-electron chi connectivity index (χ1n) is 5.58. The quantitative estimate of drug-likeness (QED) is 0.632. The summed E-state index contributed by atoms with van der Waals surface area (Å²) in [5, 5.41) is 2.20. The fourth-order valence-corrected chi connectivity index (χ4v) is 1.46. The van der Waals surface area contributed by atoms with E-state index in [4.69, 9.17) is 16.3 Å². The van der Waals surface area contributed by atoms with Gasteiger partial charge >= 0.3 is 6.09 Å². The minimum atomic E-state index is -0.839. The molecule has 0 aromatic heterocycles. The number of amides is 1. The number of nitrogens with one attached hydrogen (secondary N) is 1. The van der Waals surface area contributed by atoms with Gasteiger partial charge in [-0.3, -0.25) is 5.32 Å². The summed E-state index contributed by atoms with van der Waals surface area (Å²) in [4.78, 5) is 11.3. The highest BCUT2D eigenvalue weighted by atomic mass is 35.5. The molecule has 0 heterocycles. The largest absolute Gasteiger partial charge is 0.449 e. The third-order valence-electron chi connectivity index (χ3n) is 2.18. The average Bonchev–Trinajstić information content (AvgIpc) is 2.32. The van der Waals surface area contributed by atoms with Gasteiger partial charge in [0.25, 0.3) is 0 Å². The Balaban J connectivity index is 2.31. The lowest BCUT2D eigenvalue weighted by Gasteiger charge is -2.07. The zero-order valence-electron chi connectivity index (χ0n) is 9.72. The van der Waals surface area contributed by atoms with Crippen molar-refractivity contribution in [2.75, 3.05) is 17.8 Å². The van der Waals surface area contributed by atoms with Crippen LogP contribution in [0.15, 0.2) is 18.2 Å². The predicted molar refractivity (Wildman–Crippen MR) is 65.9 cm³/mol. The van der Waals surface area contributed by atoms with Gasteiger partial charge in [-0.1, -0.05) is 0 Å². The molecule has 0 aliphatic rings. The van der Waals surface area contributed by atoms with Crippen LogP contribution in [0.25, 0.3) is 0 Å². The lowest BCUT2D eigenvalue weighted by atomic mass is 10.3. The van der Waals surface area contributed by atoms with Crippen molar-refractivity contribution in [1.82, 2.24) is 0 Å². The van der Waals surface area contributed by atoms with Gasteiger partial charge in [0.05, 0.1) is 12.3 Å². The third kappa shape index (κ3) is 5.31. The van der Waals surface area contributed by atoms with E-state index < -0.39 is 17.7 Å². The molecule has 0 saturated heterocycles. The van der Waals surface area contributed by atoms with Gasteiger partial charge in [-0.2, -0.15) is 0 Å². The second kappa shape index (κ2) is 7.87. The Hall–Kier alpha value is -1.36. The molecular weight excluding hydrogens is 264 g/mol. The van der Waals surface area contributed by atoms with Crippen LogP contribution in [0.2, 0.25) is 0 Å². The number of carbonyl (C=O) groups is 1. The molecule has 0 aliphatic heterocycles. The van der Waals surface area contributed by atoms with Crippen LogP contribution in [0.4, 0.5) is 19.3 Å². The smallest absolute Gasteiger partial charge is 0.411 e. The molecule has 0 bridgehead atoms. The van der Waals surface area contributed by atoms with E-state index in [-0.39, 0.29) is 12.3 Å². The van der Waals surface area contributed by atoms with Crippen LogP contribution in [0, 0.1) is 11.6 Å². The van der Waals surface area contributed by atoms with Crippen molar-refractivity contribution in [3.05, 3.63) is 29.8 Å². The Labute approximate surface area is 109 Å². The summed E-state index contributed by atoms with van der Waals surface area (Å²) in [5.74, 6) is -0.964. The summed E-state index contributed by atoms with van der Waals surface area (Å²) >= 11 is 5.49. The van der Waals surface area contributed by atoms with Gasteiger partial charge in [0.2, 0.25) is 0 Å². The first-order chi connectivity index (χ1) is 8.63. The summed E-state index contributed by atoms with van der Waals surface area (Å²) in [6.45, 7) is 0.242. The Morgan fingerprint density at radius 2 is 2.06 bits per heavy atom. The maximum absolute atomic E-state index is 13.2. The number of anilines is 1. The molecule has 0 saturated carbocycles. The molecule has 0 unspecified atom stereocenters. The highest BCUT2D eigenvalue weighted by Crippen LogP contribution is 2.15. The first-order valence-corrected chi connectivity index (χ1v) is 6.11. The van der Waals surface area contributed by atoms with Crippen molar-refractivity contribution in [2.45, 2.75) is 19.3 Å². The Bertz CT molecular complexity index is 402. The van der Waals surface area contributed by atoms with Crippen LogP contribution in [0.3, 0.4) is 0 Å². The van der Waals surface area contributed by atoms with E-state index in [1.807, 2.05) is 0 Å². The Kier molecular flexibility index (Phi) is 6.43. The fourth-order valence-electron chi connectivity index (χ4n) is 1.28. The first kappa shape index (κ1) is 14.7. The van der Waals surface area contributed by atoms with Crippen molar-refractivity contribution in [2.24, 2.45) is 0 Å². The van der Waals surface area contributed by atoms with Gasteiger partial charge in [0, 0.05) is 11.9 Å².